The molecule has 0 bridgehead atoms. The number of rotatable bonds is 8. The molecule has 3 N–H and O–H groups in total. The van der Waals surface area contributed by atoms with E-state index in [1.807, 2.05) is 0 Å². The molecule has 1 aromatic rings. The monoisotopic (exact) mass is 252 g/mol. The van der Waals surface area contributed by atoms with Crippen LogP contribution >= 0.6 is 0 Å². The summed E-state index contributed by atoms with van der Waals surface area (Å²) in [6, 6.07) is 4.70. The van der Waals surface area contributed by atoms with Gasteiger partial charge in [0.2, 0.25) is 0 Å². The van der Waals surface area contributed by atoms with Crippen molar-refractivity contribution in [3.63, 3.8) is 0 Å². The molecule has 1 unspecified atom stereocenters. The van der Waals surface area contributed by atoms with Crippen molar-refractivity contribution in [2.24, 2.45) is 0 Å². The quantitative estimate of drug-likeness (QED) is 0.491. The van der Waals surface area contributed by atoms with E-state index >= 15 is 0 Å². The van der Waals surface area contributed by atoms with Gasteiger partial charge in [-0.3, -0.25) is 0 Å². The molecule has 3 nitrogen and oxygen atoms in total. The molecule has 0 saturated heterocycles. The van der Waals surface area contributed by atoms with Crippen molar-refractivity contribution in [3.05, 3.63) is 23.8 Å². The van der Waals surface area contributed by atoms with Crippen molar-refractivity contribution in [2.75, 3.05) is 0 Å². The summed E-state index contributed by atoms with van der Waals surface area (Å²) in [5, 5.41) is 28.4. The van der Waals surface area contributed by atoms with Gasteiger partial charge in [0.15, 0.2) is 11.5 Å². The molecule has 3 heteroatoms. The summed E-state index contributed by atoms with van der Waals surface area (Å²) in [7, 11) is 0. The molecule has 1 atom stereocenters. The molecule has 1 rings (SSSR count). The Morgan fingerprint density at radius 2 is 1.72 bits per heavy atom. The van der Waals surface area contributed by atoms with E-state index < -0.39 is 0 Å². The molecule has 0 amide bonds. The molecular formula is C15H24O3. The third kappa shape index (κ3) is 5.41. The summed E-state index contributed by atoms with van der Waals surface area (Å²) < 4.78 is 0. The first-order chi connectivity index (χ1) is 8.63. The SMILES string of the molecule is CCCCCCCC(O)Cc1ccc(O)c(O)c1. The van der Waals surface area contributed by atoms with Gasteiger partial charge in [-0.2, -0.15) is 0 Å². The van der Waals surface area contributed by atoms with Crippen LogP contribution in [-0.2, 0) is 6.42 Å². The lowest BCUT2D eigenvalue weighted by atomic mass is 10.0. The van der Waals surface area contributed by atoms with Crippen molar-refractivity contribution in [3.8, 4) is 11.5 Å². The molecule has 0 aliphatic rings. The molecule has 102 valence electrons. The lowest BCUT2D eigenvalue weighted by molar-refractivity contribution is 0.161. The Labute approximate surface area is 109 Å². The number of aliphatic hydroxyl groups excluding tert-OH is 1. The average Bonchev–Trinajstić information content (AvgIpc) is 2.34. The Balaban J connectivity index is 2.26. The van der Waals surface area contributed by atoms with Gasteiger partial charge in [0.05, 0.1) is 6.10 Å². The van der Waals surface area contributed by atoms with Crippen LogP contribution in [0.15, 0.2) is 18.2 Å². The summed E-state index contributed by atoms with van der Waals surface area (Å²) in [6.45, 7) is 2.19. The van der Waals surface area contributed by atoms with E-state index in [0.29, 0.717) is 6.42 Å². The van der Waals surface area contributed by atoms with E-state index in [-0.39, 0.29) is 17.6 Å². The van der Waals surface area contributed by atoms with E-state index in [1.165, 1.54) is 37.8 Å². The van der Waals surface area contributed by atoms with Crippen molar-refractivity contribution >= 4 is 0 Å². The fourth-order valence-electron chi connectivity index (χ4n) is 2.05. The molecule has 0 heterocycles. The molecule has 0 fully saturated rings. The third-order valence-electron chi connectivity index (χ3n) is 3.15. The molecule has 0 radical (unpaired) electrons. The molecule has 0 saturated carbocycles. The fourth-order valence-corrected chi connectivity index (χ4v) is 2.05. The highest BCUT2D eigenvalue weighted by Crippen LogP contribution is 2.25. The Bertz CT molecular complexity index is 350. The van der Waals surface area contributed by atoms with Gasteiger partial charge >= 0.3 is 0 Å². The van der Waals surface area contributed by atoms with E-state index in [2.05, 4.69) is 6.92 Å². The van der Waals surface area contributed by atoms with Crippen LogP contribution in [0.5, 0.6) is 11.5 Å². The van der Waals surface area contributed by atoms with Crippen LogP contribution in [0.2, 0.25) is 0 Å². The maximum Gasteiger partial charge on any atom is 0.157 e. The molecular weight excluding hydrogens is 228 g/mol. The normalized spacial score (nSPS) is 12.6. The van der Waals surface area contributed by atoms with Crippen molar-refractivity contribution in [2.45, 2.75) is 58.0 Å². The van der Waals surface area contributed by atoms with Gasteiger partial charge in [0, 0.05) is 0 Å². The van der Waals surface area contributed by atoms with E-state index in [0.717, 1.165) is 18.4 Å². The summed E-state index contributed by atoms with van der Waals surface area (Å²) >= 11 is 0. The van der Waals surface area contributed by atoms with Gasteiger partial charge in [-0.15, -0.1) is 0 Å². The maximum atomic E-state index is 9.88. The zero-order valence-electron chi connectivity index (χ0n) is 11.1. The summed E-state index contributed by atoms with van der Waals surface area (Å²) in [5.41, 5.74) is 0.853. The van der Waals surface area contributed by atoms with Crippen LogP contribution in [0.1, 0.15) is 51.0 Å². The van der Waals surface area contributed by atoms with E-state index in [9.17, 15) is 15.3 Å². The summed E-state index contributed by atoms with van der Waals surface area (Å²) in [4.78, 5) is 0. The number of aliphatic hydroxyl groups is 1. The first kappa shape index (κ1) is 14.8. The Morgan fingerprint density at radius 1 is 1.00 bits per heavy atom. The third-order valence-corrected chi connectivity index (χ3v) is 3.15. The summed E-state index contributed by atoms with van der Waals surface area (Å²) in [5.74, 6) is -0.240. The van der Waals surface area contributed by atoms with Gasteiger partial charge in [0.25, 0.3) is 0 Å². The fraction of sp³-hybridized carbons (Fsp3) is 0.600. The molecule has 1 aromatic carbocycles. The Kier molecular flexibility index (Phi) is 6.58. The minimum atomic E-state index is -0.365. The number of phenols is 2. The second kappa shape index (κ2) is 7.98. The molecule has 0 aromatic heterocycles. The molecule has 18 heavy (non-hydrogen) atoms. The van der Waals surface area contributed by atoms with Gasteiger partial charge in [-0.25, -0.2) is 0 Å². The number of benzene rings is 1. The Hall–Kier alpha value is -1.22. The molecule has 0 aliphatic heterocycles. The predicted octanol–water partition coefficient (Wildman–Crippen LogP) is 3.36. The lowest BCUT2D eigenvalue weighted by Crippen LogP contribution is -2.10. The largest absolute Gasteiger partial charge is 0.504 e. The zero-order chi connectivity index (χ0) is 13.4. The van der Waals surface area contributed by atoms with Crippen LogP contribution in [0.4, 0.5) is 0 Å². The minimum absolute atomic E-state index is 0.118. The highest BCUT2D eigenvalue weighted by molar-refractivity contribution is 5.40. The number of aromatic hydroxyl groups is 2. The molecule has 0 spiro atoms. The smallest absolute Gasteiger partial charge is 0.157 e. The Morgan fingerprint density at radius 3 is 2.39 bits per heavy atom. The highest BCUT2D eigenvalue weighted by Gasteiger charge is 2.07. The second-order valence-corrected chi connectivity index (χ2v) is 4.88. The number of hydrogen-bond acceptors (Lipinski definition) is 3. The highest BCUT2D eigenvalue weighted by atomic mass is 16.3. The standard InChI is InChI=1S/C15H24O3/c1-2-3-4-5-6-7-13(16)10-12-8-9-14(17)15(18)11-12/h8-9,11,13,16-18H,2-7,10H2,1H3. The van der Waals surface area contributed by atoms with Gasteiger partial charge < -0.3 is 15.3 Å². The van der Waals surface area contributed by atoms with Crippen LogP contribution in [0.25, 0.3) is 0 Å². The average molecular weight is 252 g/mol. The molecule has 0 aliphatic carbocycles. The van der Waals surface area contributed by atoms with Crippen LogP contribution in [0.3, 0.4) is 0 Å². The van der Waals surface area contributed by atoms with Crippen LogP contribution in [0, 0.1) is 0 Å². The first-order valence-electron chi connectivity index (χ1n) is 6.82. The van der Waals surface area contributed by atoms with Gasteiger partial charge in [0.1, 0.15) is 0 Å². The number of phenolic OH excluding ortho intramolecular Hbond substituents is 2. The maximum absolute atomic E-state index is 9.88. The van der Waals surface area contributed by atoms with E-state index in [4.69, 9.17) is 0 Å². The number of unbranched alkanes of at least 4 members (excludes halogenated alkanes) is 4. The van der Waals surface area contributed by atoms with Crippen molar-refractivity contribution in [1.29, 1.82) is 0 Å². The minimum Gasteiger partial charge on any atom is -0.504 e. The van der Waals surface area contributed by atoms with E-state index in [1.54, 1.807) is 6.07 Å². The first-order valence-corrected chi connectivity index (χ1v) is 6.82. The zero-order valence-corrected chi connectivity index (χ0v) is 11.1. The van der Waals surface area contributed by atoms with Crippen molar-refractivity contribution < 1.29 is 15.3 Å². The van der Waals surface area contributed by atoms with Gasteiger partial charge in [-0.1, -0.05) is 45.1 Å². The van der Waals surface area contributed by atoms with Gasteiger partial charge in [-0.05, 0) is 30.5 Å². The topological polar surface area (TPSA) is 60.7 Å². The predicted molar refractivity (Wildman–Crippen MR) is 72.9 cm³/mol. The van der Waals surface area contributed by atoms with Crippen LogP contribution < -0.4 is 0 Å². The lowest BCUT2D eigenvalue weighted by Gasteiger charge is -2.11. The van der Waals surface area contributed by atoms with Crippen molar-refractivity contribution in [1.82, 2.24) is 0 Å². The number of hydrogen-bond donors (Lipinski definition) is 3. The summed E-state index contributed by atoms with van der Waals surface area (Å²) in [6.07, 6.45) is 6.92. The second-order valence-electron chi connectivity index (χ2n) is 4.88. The van der Waals surface area contributed by atoms with Crippen LogP contribution in [-0.4, -0.2) is 21.4 Å².